The molecule has 1 aliphatic rings. The van der Waals surface area contributed by atoms with Gasteiger partial charge in [-0.2, -0.15) is 0 Å². The third-order valence-electron chi connectivity index (χ3n) is 7.29. The maximum absolute atomic E-state index is 13.0. The second kappa shape index (κ2) is 12.5. The molecule has 0 atom stereocenters. The average Bonchev–Trinajstić information content (AvgIpc) is 3.66. The van der Waals surface area contributed by atoms with Gasteiger partial charge in [-0.25, -0.2) is 4.68 Å². The van der Waals surface area contributed by atoms with Gasteiger partial charge in [0.2, 0.25) is 0 Å². The van der Waals surface area contributed by atoms with E-state index in [9.17, 15) is 4.79 Å². The lowest BCUT2D eigenvalue weighted by atomic mass is 9.95. The topological polar surface area (TPSA) is 88.4 Å². The van der Waals surface area contributed by atoms with Crippen molar-refractivity contribution in [2.45, 2.75) is 40.0 Å². The van der Waals surface area contributed by atoms with Gasteiger partial charge in [-0.3, -0.25) is 14.7 Å². The fourth-order valence-corrected chi connectivity index (χ4v) is 5.77. The maximum atomic E-state index is 13.0. The van der Waals surface area contributed by atoms with Crippen molar-refractivity contribution in [3.05, 3.63) is 70.3 Å². The van der Waals surface area contributed by atoms with Crippen LogP contribution in [0.1, 0.15) is 47.8 Å². The lowest BCUT2D eigenvalue weighted by Crippen LogP contribution is -2.47. The van der Waals surface area contributed by atoms with E-state index in [-0.39, 0.29) is 11.3 Å². The number of pyridine rings is 1. The fourth-order valence-electron chi connectivity index (χ4n) is 4.81. The minimum absolute atomic E-state index is 0.0127. The van der Waals surface area contributed by atoms with Crippen molar-refractivity contribution in [1.29, 1.82) is 0 Å². The standard InChI is InChI=1S/C31H39N7O2S/c1-6-40-16-15-36-11-13-37(14-12-36)25-17-23(19-32-20-25)26-21-38(35-34-26)27-18-24(8-7-22(27)2)33-30(39)28-9-10-29(41-28)31(3,4)5/h7-10,17-21H,6,11-16H2,1-5H3,(H,33,39). The Labute approximate surface area is 246 Å². The summed E-state index contributed by atoms with van der Waals surface area (Å²) >= 11 is 1.53. The lowest BCUT2D eigenvalue weighted by Gasteiger charge is -2.35. The number of nitrogens with zero attached hydrogens (tertiary/aromatic N) is 6. The highest BCUT2D eigenvalue weighted by Gasteiger charge is 2.20. The molecule has 0 aliphatic carbocycles. The molecule has 5 rings (SSSR count). The number of hydrogen-bond donors (Lipinski definition) is 1. The number of anilines is 2. The molecule has 1 aromatic carbocycles. The minimum Gasteiger partial charge on any atom is -0.380 e. The second-order valence-corrected chi connectivity index (χ2v) is 12.5. The summed E-state index contributed by atoms with van der Waals surface area (Å²) in [7, 11) is 0. The minimum atomic E-state index is -0.113. The molecule has 4 heterocycles. The summed E-state index contributed by atoms with van der Waals surface area (Å²) in [5, 5.41) is 11.9. The van der Waals surface area contributed by atoms with E-state index in [0.717, 1.165) is 74.1 Å². The summed E-state index contributed by atoms with van der Waals surface area (Å²) in [6, 6.07) is 11.9. The third kappa shape index (κ3) is 7.01. The molecule has 4 aromatic rings. The monoisotopic (exact) mass is 573 g/mol. The van der Waals surface area contributed by atoms with Crippen LogP contribution in [0.15, 0.2) is 55.0 Å². The average molecular weight is 574 g/mol. The Balaban J connectivity index is 1.27. The van der Waals surface area contributed by atoms with Crippen molar-refractivity contribution < 1.29 is 9.53 Å². The summed E-state index contributed by atoms with van der Waals surface area (Å²) in [5.41, 5.74) is 5.36. The molecule has 0 bridgehead atoms. The van der Waals surface area contributed by atoms with E-state index in [2.05, 4.69) is 57.3 Å². The van der Waals surface area contributed by atoms with Crippen molar-refractivity contribution in [2.75, 3.05) is 56.2 Å². The first-order chi connectivity index (χ1) is 19.7. The van der Waals surface area contributed by atoms with Gasteiger partial charge in [0.15, 0.2) is 0 Å². The molecule has 0 spiro atoms. The van der Waals surface area contributed by atoms with Gasteiger partial charge in [-0.1, -0.05) is 32.1 Å². The number of piperazine rings is 1. The van der Waals surface area contributed by atoms with Crippen LogP contribution in [0, 0.1) is 6.92 Å². The van der Waals surface area contributed by atoms with E-state index in [4.69, 9.17) is 4.74 Å². The number of aryl methyl sites for hydroxylation is 1. The van der Waals surface area contributed by atoms with Crippen molar-refractivity contribution >= 4 is 28.6 Å². The van der Waals surface area contributed by atoms with Gasteiger partial charge in [-0.15, -0.1) is 16.4 Å². The smallest absolute Gasteiger partial charge is 0.265 e. The van der Waals surface area contributed by atoms with E-state index in [1.165, 1.54) is 16.2 Å². The van der Waals surface area contributed by atoms with Crippen molar-refractivity contribution in [2.24, 2.45) is 0 Å². The van der Waals surface area contributed by atoms with Gasteiger partial charge in [0.05, 0.1) is 35.3 Å². The summed E-state index contributed by atoms with van der Waals surface area (Å²) in [5.74, 6) is -0.113. The van der Waals surface area contributed by atoms with Crippen LogP contribution in [0.4, 0.5) is 11.4 Å². The fraction of sp³-hybridized carbons (Fsp3) is 0.419. The van der Waals surface area contributed by atoms with E-state index in [1.54, 1.807) is 4.68 Å². The molecular weight excluding hydrogens is 534 g/mol. The number of rotatable bonds is 9. The van der Waals surface area contributed by atoms with Crippen LogP contribution >= 0.6 is 11.3 Å². The number of benzene rings is 1. The highest BCUT2D eigenvalue weighted by atomic mass is 32.1. The molecule has 1 N–H and O–H groups in total. The third-order valence-corrected chi connectivity index (χ3v) is 8.80. The quantitative estimate of drug-likeness (QED) is 0.268. The Hall–Kier alpha value is -3.60. The summed E-state index contributed by atoms with van der Waals surface area (Å²) in [4.78, 5) is 24.2. The summed E-state index contributed by atoms with van der Waals surface area (Å²) in [6.07, 6.45) is 5.65. The predicted octanol–water partition coefficient (Wildman–Crippen LogP) is 5.41. The highest BCUT2D eigenvalue weighted by molar-refractivity contribution is 7.14. The second-order valence-electron chi connectivity index (χ2n) is 11.4. The van der Waals surface area contributed by atoms with Crippen LogP contribution in [0.25, 0.3) is 16.9 Å². The van der Waals surface area contributed by atoms with E-state index in [0.29, 0.717) is 10.6 Å². The number of nitrogens with one attached hydrogen (secondary N) is 1. The van der Waals surface area contributed by atoms with Crippen LogP contribution in [0.2, 0.25) is 0 Å². The molecule has 216 valence electrons. The van der Waals surface area contributed by atoms with E-state index >= 15 is 0 Å². The zero-order valence-electron chi connectivity index (χ0n) is 24.6. The molecule has 9 nitrogen and oxygen atoms in total. The first-order valence-corrected chi connectivity index (χ1v) is 15.0. The lowest BCUT2D eigenvalue weighted by molar-refractivity contribution is 0.103. The molecule has 0 radical (unpaired) electrons. The molecule has 10 heteroatoms. The van der Waals surface area contributed by atoms with Crippen LogP contribution in [-0.2, 0) is 10.2 Å². The number of ether oxygens (including phenoxy) is 1. The Morgan fingerprint density at radius 2 is 1.88 bits per heavy atom. The summed E-state index contributed by atoms with van der Waals surface area (Å²) in [6.45, 7) is 16.9. The number of aromatic nitrogens is 4. The Morgan fingerprint density at radius 1 is 1.07 bits per heavy atom. The molecule has 1 saturated heterocycles. The maximum Gasteiger partial charge on any atom is 0.265 e. The van der Waals surface area contributed by atoms with Gasteiger partial charge < -0.3 is 15.0 Å². The normalized spacial score (nSPS) is 14.4. The van der Waals surface area contributed by atoms with Crippen LogP contribution in [-0.4, -0.2) is 76.7 Å². The van der Waals surface area contributed by atoms with Crippen LogP contribution < -0.4 is 10.2 Å². The molecular formula is C31H39N7O2S. The molecule has 0 unspecified atom stereocenters. The number of amides is 1. The highest BCUT2D eigenvalue weighted by Crippen LogP contribution is 2.30. The molecule has 1 amide bonds. The zero-order chi connectivity index (χ0) is 29.0. The number of carbonyl (C=O) groups excluding carboxylic acids is 1. The molecule has 41 heavy (non-hydrogen) atoms. The van der Waals surface area contributed by atoms with Gasteiger partial charge in [0.1, 0.15) is 5.69 Å². The van der Waals surface area contributed by atoms with E-state index in [1.807, 2.05) is 62.8 Å². The Kier molecular flexibility index (Phi) is 8.82. The first-order valence-electron chi connectivity index (χ1n) is 14.2. The molecule has 1 fully saturated rings. The van der Waals surface area contributed by atoms with Gasteiger partial charge in [-0.05, 0) is 55.2 Å². The first kappa shape index (κ1) is 28.9. The Bertz CT molecular complexity index is 1480. The van der Waals surface area contributed by atoms with Gasteiger partial charge in [0, 0.05) is 61.7 Å². The van der Waals surface area contributed by atoms with Crippen LogP contribution in [0.5, 0.6) is 0 Å². The zero-order valence-corrected chi connectivity index (χ0v) is 25.4. The van der Waals surface area contributed by atoms with Gasteiger partial charge >= 0.3 is 0 Å². The largest absolute Gasteiger partial charge is 0.380 e. The van der Waals surface area contributed by atoms with Crippen molar-refractivity contribution in [3.63, 3.8) is 0 Å². The number of carbonyl (C=O) groups is 1. The number of thiophene rings is 1. The molecule has 1 aliphatic heterocycles. The van der Waals surface area contributed by atoms with E-state index < -0.39 is 0 Å². The van der Waals surface area contributed by atoms with Crippen LogP contribution in [0.3, 0.4) is 0 Å². The molecule has 3 aromatic heterocycles. The SMILES string of the molecule is CCOCCN1CCN(c2cncc(-c3cn(-c4cc(NC(=O)c5ccc(C(C)(C)C)s5)ccc4C)nn3)c2)CC1. The predicted molar refractivity (Wildman–Crippen MR) is 165 cm³/mol. The van der Waals surface area contributed by atoms with Crippen molar-refractivity contribution in [1.82, 2.24) is 24.9 Å². The number of hydrogen-bond acceptors (Lipinski definition) is 8. The molecule has 0 saturated carbocycles. The summed E-state index contributed by atoms with van der Waals surface area (Å²) < 4.78 is 7.26. The van der Waals surface area contributed by atoms with Gasteiger partial charge in [0.25, 0.3) is 5.91 Å². The Morgan fingerprint density at radius 3 is 2.61 bits per heavy atom. The van der Waals surface area contributed by atoms with Crippen molar-refractivity contribution in [3.8, 4) is 16.9 Å².